The van der Waals surface area contributed by atoms with Crippen molar-refractivity contribution in [1.82, 2.24) is 4.98 Å². The van der Waals surface area contributed by atoms with Crippen LogP contribution in [0.1, 0.15) is 28.2 Å². The van der Waals surface area contributed by atoms with Crippen LogP contribution in [-0.2, 0) is 6.42 Å². The van der Waals surface area contributed by atoms with E-state index in [2.05, 4.69) is 4.98 Å². The summed E-state index contributed by atoms with van der Waals surface area (Å²) in [7, 11) is 0. The first-order valence-corrected chi connectivity index (χ1v) is 8.37. The number of oxazole rings is 1. The van der Waals surface area contributed by atoms with Gasteiger partial charge >= 0.3 is 0 Å². The highest BCUT2D eigenvalue weighted by Crippen LogP contribution is 2.32. The number of nitrogens with zero attached hydrogens (tertiary/aromatic N) is 2. The van der Waals surface area contributed by atoms with E-state index in [1.165, 1.54) is 11.0 Å². The number of amides is 1. The Morgan fingerprint density at radius 3 is 2.73 bits per heavy atom. The quantitative estimate of drug-likeness (QED) is 0.680. The van der Waals surface area contributed by atoms with Crippen LogP contribution in [0.3, 0.4) is 0 Å². The van der Waals surface area contributed by atoms with E-state index in [0.717, 1.165) is 11.6 Å². The van der Waals surface area contributed by atoms with Crippen molar-refractivity contribution in [2.45, 2.75) is 19.8 Å². The van der Waals surface area contributed by atoms with Crippen molar-refractivity contribution in [1.29, 1.82) is 0 Å². The Kier molecular flexibility index (Phi) is 4.03. The van der Waals surface area contributed by atoms with Gasteiger partial charge in [0.25, 0.3) is 5.91 Å². The van der Waals surface area contributed by atoms with Crippen molar-refractivity contribution in [3.8, 4) is 11.5 Å². The average Bonchev–Trinajstić information content (AvgIpc) is 3.03. The standard InChI is InChI=1S/C20H16F2N2O2/c1-12-18(23-19(26-12)13-6-3-2-4-7-13)20(25)24-9-5-8-15-16(22)10-14(21)11-17(15)24/h2-4,6-7,10-11H,5,8-9H2,1H3. The number of aromatic nitrogens is 1. The summed E-state index contributed by atoms with van der Waals surface area (Å²) < 4.78 is 33.4. The molecular formula is C20H16F2N2O2. The number of halogens is 2. The smallest absolute Gasteiger partial charge is 0.280 e. The minimum absolute atomic E-state index is 0.154. The molecule has 4 rings (SSSR count). The summed E-state index contributed by atoms with van der Waals surface area (Å²) in [6.07, 6.45) is 1.07. The van der Waals surface area contributed by atoms with Crippen LogP contribution in [-0.4, -0.2) is 17.4 Å². The molecule has 0 N–H and O–H groups in total. The summed E-state index contributed by atoms with van der Waals surface area (Å²) in [5.41, 5.74) is 1.53. The first-order chi connectivity index (χ1) is 12.5. The fraction of sp³-hybridized carbons (Fsp3) is 0.200. The molecule has 132 valence electrons. The summed E-state index contributed by atoms with van der Waals surface area (Å²) >= 11 is 0. The van der Waals surface area contributed by atoms with Crippen molar-refractivity contribution in [2.24, 2.45) is 0 Å². The van der Waals surface area contributed by atoms with E-state index in [-0.39, 0.29) is 11.4 Å². The van der Waals surface area contributed by atoms with Crippen molar-refractivity contribution in [3.63, 3.8) is 0 Å². The third kappa shape index (κ3) is 2.77. The van der Waals surface area contributed by atoms with Gasteiger partial charge in [0.1, 0.15) is 17.4 Å². The molecule has 2 aromatic carbocycles. The number of benzene rings is 2. The predicted molar refractivity (Wildman–Crippen MR) is 93.0 cm³/mol. The first-order valence-electron chi connectivity index (χ1n) is 8.37. The number of hydrogen-bond acceptors (Lipinski definition) is 3. The molecule has 0 atom stereocenters. The Morgan fingerprint density at radius 1 is 1.19 bits per heavy atom. The maximum absolute atomic E-state index is 14.1. The third-order valence-corrected chi connectivity index (χ3v) is 4.50. The van der Waals surface area contributed by atoms with Gasteiger partial charge in [-0.05, 0) is 38.0 Å². The average molecular weight is 354 g/mol. The van der Waals surface area contributed by atoms with Gasteiger partial charge < -0.3 is 9.32 Å². The number of anilines is 1. The van der Waals surface area contributed by atoms with Crippen LogP contribution < -0.4 is 4.90 Å². The number of carbonyl (C=O) groups is 1. The van der Waals surface area contributed by atoms with Gasteiger partial charge in [0, 0.05) is 23.7 Å². The highest BCUT2D eigenvalue weighted by molar-refractivity contribution is 6.06. The van der Waals surface area contributed by atoms with Crippen LogP contribution in [0.5, 0.6) is 0 Å². The summed E-state index contributed by atoms with van der Waals surface area (Å²) in [6.45, 7) is 2.03. The monoisotopic (exact) mass is 354 g/mol. The predicted octanol–water partition coefficient (Wildman–Crippen LogP) is 4.52. The molecule has 26 heavy (non-hydrogen) atoms. The Hall–Kier alpha value is -3.02. The van der Waals surface area contributed by atoms with Crippen LogP contribution in [0, 0.1) is 18.6 Å². The zero-order valence-electron chi connectivity index (χ0n) is 14.1. The van der Waals surface area contributed by atoms with Crippen molar-refractivity contribution >= 4 is 11.6 Å². The molecule has 0 aliphatic carbocycles. The number of rotatable bonds is 2. The lowest BCUT2D eigenvalue weighted by Crippen LogP contribution is -2.36. The highest BCUT2D eigenvalue weighted by atomic mass is 19.1. The Morgan fingerprint density at radius 2 is 1.96 bits per heavy atom. The van der Waals surface area contributed by atoms with Gasteiger partial charge in [-0.3, -0.25) is 4.79 Å². The molecule has 1 aliphatic rings. The summed E-state index contributed by atoms with van der Waals surface area (Å²) in [5, 5.41) is 0. The fourth-order valence-corrected chi connectivity index (χ4v) is 3.25. The van der Waals surface area contributed by atoms with E-state index in [9.17, 15) is 13.6 Å². The summed E-state index contributed by atoms with van der Waals surface area (Å²) in [5.74, 6) is -1.03. The molecule has 3 aromatic rings. The van der Waals surface area contributed by atoms with E-state index < -0.39 is 17.5 Å². The lowest BCUT2D eigenvalue weighted by atomic mass is 10.0. The molecule has 0 radical (unpaired) electrons. The molecular weight excluding hydrogens is 338 g/mol. The molecule has 1 amide bonds. The number of fused-ring (bicyclic) bond motifs is 1. The van der Waals surface area contributed by atoms with E-state index in [1.807, 2.05) is 30.3 Å². The van der Waals surface area contributed by atoms with Gasteiger partial charge in [0.2, 0.25) is 5.89 Å². The SMILES string of the molecule is Cc1oc(-c2ccccc2)nc1C(=O)N1CCCc2c(F)cc(F)cc21. The molecule has 1 aromatic heterocycles. The summed E-state index contributed by atoms with van der Waals surface area (Å²) in [4.78, 5) is 18.7. The van der Waals surface area contributed by atoms with E-state index >= 15 is 0 Å². The molecule has 6 heteroatoms. The largest absolute Gasteiger partial charge is 0.441 e. The van der Waals surface area contributed by atoms with E-state index in [1.54, 1.807) is 6.92 Å². The topological polar surface area (TPSA) is 46.3 Å². The van der Waals surface area contributed by atoms with Gasteiger partial charge in [0.05, 0.1) is 5.69 Å². The molecule has 0 unspecified atom stereocenters. The molecule has 2 heterocycles. The van der Waals surface area contributed by atoms with E-state index in [0.29, 0.717) is 36.6 Å². The van der Waals surface area contributed by atoms with Crippen LogP contribution in [0.15, 0.2) is 46.9 Å². The van der Waals surface area contributed by atoms with Crippen LogP contribution in [0.25, 0.3) is 11.5 Å². The van der Waals surface area contributed by atoms with Crippen LogP contribution in [0.2, 0.25) is 0 Å². The molecule has 0 saturated heterocycles. The molecule has 0 saturated carbocycles. The Labute approximate surface area is 149 Å². The third-order valence-electron chi connectivity index (χ3n) is 4.50. The second-order valence-corrected chi connectivity index (χ2v) is 6.24. The normalized spacial score (nSPS) is 13.6. The lowest BCUT2D eigenvalue weighted by Gasteiger charge is -2.29. The fourth-order valence-electron chi connectivity index (χ4n) is 3.25. The van der Waals surface area contributed by atoms with E-state index in [4.69, 9.17) is 4.42 Å². The zero-order valence-corrected chi connectivity index (χ0v) is 14.1. The van der Waals surface area contributed by atoms with Crippen molar-refractivity contribution in [3.05, 3.63) is 71.1 Å². The minimum Gasteiger partial charge on any atom is -0.441 e. The van der Waals surface area contributed by atoms with Gasteiger partial charge in [-0.15, -0.1) is 0 Å². The minimum atomic E-state index is -0.706. The van der Waals surface area contributed by atoms with Crippen LogP contribution in [0.4, 0.5) is 14.5 Å². The molecule has 0 spiro atoms. The highest BCUT2D eigenvalue weighted by Gasteiger charge is 2.29. The van der Waals surface area contributed by atoms with Crippen molar-refractivity contribution < 1.29 is 18.0 Å². The molecule has 4 nitrogen and oxygen atoms in total. The van der Waals surface area contributed by atoms with Gasteiger partial charge in [-0.1, -0.05) is 18.2 Å². The number of carbonyl (C=O) groups excluding carboxylic acids is 1. The van der Waals surface area contributed by atoms with Gasteiger partial charge in [-0.2, -0.15) is 0 Å². The number of aryl methyl sites for hydroxylation is 1. The maximum Gasteiger partial charge on any atom is 0.280 e. The Balaban J connectivity index is 1.73. The second-order valence-electron chi connectivity index (χ2n) is 6.24. The molecule has 0 bridgehead atoms. The molecule has 0 fully saturated rings. The zero-order chi connectivity index (χ0) is 18.3. The van der Waals surface area contributed by atoms with Crippen molar-refractivity contribution in [2.75, 3.05) is 11.4 Å². The first kappa shape index (κ1) is 16.4. The van der Waals surface area contributed by atoms with Gasteiger partial charge in [-0.25, -0.2) is 13.8 Å². The second kappa shape index (κ2) is 6.37. The maximum atomic E-state index is 14.1. The van der Waals surface area contributed by atoms with Gasteiger partial charge in [0.15, 0.2) is 5.69 Å². The lowest BCUT2D eigenvalue weighted by molar-refractivity contribution is 0.0979. The summed E-state index contributed by atoms with van der Waals surface area (Å²) in [6, 6.07) is 11.3. The Bertz CT molecular complexity index is 983. The molecule has 1 aliphatic heterocycles. The number of hydrogen-bond donors (Lipinski definition) is 0. The van der Waals surface area contributed by atoms with Crippen LogP contribution >= 0.6 is 0 Å².